The van der Waals surface area contributed by atoms with Crippen molar-refractivity contribution < 1.29 is 28.7 Å². The minimum absolute atomic E-state index is 0.0484. The van der Waals surface area contributed by atoms with Gasteiger partial charge in [-0.05, 0) is 93.7 Å². The van der Waals surface area contributed by atoms with E-state index in [-0.39, 0.29) is 35.9 Å². The van der Waals surface area contributed by atoms with Crippen LogP contribution in [0.5, 0.6) is 11.5 Å². The summed E-state index contributed by atoms with van der Waals surface area (Å²) in [5.41, 5.74) is 9.76. The molecule has 3 fully saturated rings. The van der Waals surface area contributed by atoms with E-state index in [2.05, 4.69) is 30.4 Å². The number of carbonyl (C=O) groups is 5. The van der Waals surface area contributed by atoms with Crippen molar-refractivity contribution in [2.45, 2.75) is 57.0 Å². The summed E-state index contributed by atoms with van der Waals surface area (Å²) in [6.45, 7) is 7.32. The number of amides is 5. The van der Waals surface area contributed by atoms with Crippen LogP contribution in [0.1, 0.15) is 71.7 Å². The summed E-state index contributed by atoms with van der Waals surface area (Å²) in [5, 5.41) is 11.3. The molecule has 2 aromatic heterocycles. The number of benzene rings is 3. The topological polar surface area (TPSA) is 201 Å². The zero-order chi connectivity index (χ0) is 43.5. The number of piperidine rings is 2. The monoisotopic (exact) mass is 853 g/mol. The molecular formula is C46H51N11O6. The number of imide groups is 2. The molecule has 0 aliphatic carbocycles. The third-order valence-electron chi connectivity index (χ3n) is 12.5. The molecule has 3 aromatic carbocycles. The number of nitrogens with two attached hydrogens (primary N) is 1. The molecule has 0 radical (unpaired) electrons. The smallest absolute Gasteiger partial charge is 0.264 e. The Labute approximate surface area is 364 Å². The van der Waals surface area contributed by atoms with Gasteiger partial charge >= 0.3 is 0 Å². The zero-order valence-corrected chi connectivity index (χ0v) is 35.1. The third kappa shape index (κ3) is 8.83. The predicted octanol–water partition coefficient (Wildman–Crippen LogP) is 4.33. The second kappa shape index (κ2) is 18.3. The highest BCUT2D eigenvalue weighted by atomic mass is 16.5. The Hall–Kier alpha value is -6.72. The maximum atomic E-state index is 13.6. The van der Waals surface area contributed by atoms with Crippen LogP contribution in [0.4, 0.5) is 11.5 Å². The molecule has 63 heavy (non-hydrogen) atoms. The zero-order valence-electron chi connectivity index (χ0n) is 35.1. The highest BCUT2D eigenvalue weighted by molar-refractivity contribution is 6.25. The van der Waals surface area contributed by atoms with Crippen LogP contribution in [0.2, 0.25) is 0 Å². The average molecular weight is 854 g/mol. The Kier molecular flexibility index (Phi) is 12.1. The van der Waals surface area contributed by atoms with Gasteiger partial charge in [-0.15, -0.1) is 0 Å². The van der Waals surface area contributed by atoms with Gasteiger partial charge in [-0.2, -0.15) is 5.10 Å². The van der Waals surface area contributed by atoms with Crippen molar-refractivity contribution in [3.63, 3.8) is 0 Å². The summed E-state index contributed by atoms with van der Waals surface area (Å²) < 4.78 is 7.93. The number of rotatable bonds is 14. The molecule has 3 saturated heterocycles. The van der Waals surface area contributed by atoms with Crippen LogP contribution in [-0.4, -0.2) is 134 Å². The molecule has 9 rings (SSSR count). The molecule has 326 valence electrons. The first-order chi connectivity index (χ1) is 30.7. The number of hydrogen-bond donors (Lipinski definition) is 3. The Morgan fingerprint density at radius 2 is 1.57 bits per heavy atom. The van der Waals surface area contributed by atoms with Gasteiger partial charge in [0.2, 0.25) is 17.7 Å². The number of carbonyl (C=O) groups excluding carboxylic acids is 5. The molecule has 4 aliphatic rings. The quantitative estimate of drug-likeness (QED) is 0.105. The lowest BCUT2D eigenvalue weighted by molar-refractivity contribution is -0.136. The number of para-hydroxylation sites is 1. The van der Waals surface area contributed by atoms with E-state index in [1.165, 1.54) is 6.33 Å². The van der Waals surface area contributed by atoms with E-state index >= 15 is 0 Å². The van der Waals surface area contributed by atoms with Gasteiger partial charge in [0, 0.05) is 69.9 Å². The highest BCUT2D eigenvalue weighted by Crippen LogP contribution is 2.36. The van der Waals surface area contributed by atoms with E-state index < -0.39 is 29.7 Å². The minimum atomic E-state index is -0.996. The number of nitrogens with one attached hydrogen (secondary N) is 2. The van der Waals surface area contributed by atoms with Crippen molar-refractivity contribution in [1.29, 1.82) is 0 Å². The van der Waals surface area contributed by atoms with E-state index in [1.54, 1.807) is 18.2 Å². The molecule has 17 heteroatoms. The Bertz CT molecular complexity index is 2520. The van der Waals surface area contributed by atoms with E-state index in [0.717, 1.165) is 87.7 Å². The molecule has 4 aliphatic heterocycles. The fraction of sp³-hybridized carbons (Fsp3) is 0.391. The summed E-state index contributed by atoms with van der Waals surface area (Å²) in [4.78, 5) is 81.0. The lowest BCUT2D eigenvalue weighted by Crippen LogP contribution is -2.54. The lowest BCUT2D eigenvalue weighted by Gasteiger charge is -2.35. The largest absolute Gasteiger partial charge is 0.457 e. The first kappa shape index (κ1) is 41.6. The molecular weight excluding hydrogens is 803 g/mol. The standard InChI is InChI=1S/C46H51N11O6/c47-42-40-41(30-14-16-33(17-15-30)63-32-9-2-1-3-10-32)52-57(43(40)50-29-49-42)31-8-5-23-55(28-31)38(59)13-6-21-53-24-26-54(27-25-53)22-7-20-48-35-12-4-11-34-39(35)46(62)56(45(34)61)36-18-19-37(58)51-44(36)60/h1-4,9-12,14-17,29,31,36,48H,5-8,13,18-28H2,(H2,47,49,50)(H,51,58,60). The van der Waals surface area contributed by atoms with Crippen molar-refractivity contribution >= 4 is 52.1 Å². The SMILES string of the molecule is Nc1ncnc2c1c(-c1ccc(Oc3ccccc3)cc1)nn2C1CCCN(C(=O)CCCN2CCN(CCCNc3cccc4c3C(=O)N(C3CCC(=O)NC3=O)C4=O)CC2)C1. The van der Waals surface area contributed by atoms with Gasteiger partial charge in [-0.1, -0.05) is 24.3 Å². The summed E-state index contributed by atoms with van der Waals surface area (Å²) in [7, 11) is 0. The summed E-state index contributed by atoms with van der Waals surface area (Å²) in [6.07, 6.45) is 5.51. The van der Waals surface area contributed by atoms with Crippen molar-refractivity contribution in [3.05, 3.63) is 90.3 Å². The van der Waals surface area contributed by atoms with E-state index in [1.807, 2.05) is 64.2 Å². The van der Waals surface area contributed by atoms with Gasteiger partial charge in [-0.3, -0.25) is 34.2 Å². The van der Waals surface area contributed by atoms with Crippen molar-refractivity contribution in [2.24, 2.45) is 0 Å². The Morgan fingerprint density at radius 3 is 2.33 bits per heavy atom. The molecule has 0 spiro atoms. The third-order valence-corrected chi connectivity index (χ3v) is 12.5. The van der Waals surface area contributed by atoms with Gasteiger partial charge in [0.05, 0.1) is 22.6 Å². The van der Waals surface area contributed by atoms with Crippen molar-refractivity contribution in [1.82, 2.24) is 44.7 Å². The summed E-state index contributed by atoms with van der Waals surface area (Å²) in [5.74, 6) is -0.0710. The lowest BCUT2D eigenvalue weighted by atomic mass is 10.0. The second-order valence-electron chi connectivity index (χ2n) is 16.6. The van der Waals surface area contributed by atoms with Gasteiger partial charge in [0.15, 0.2) is 5.65 Å². The van der Waals surface area contributed by atoms with E-state index in [4.69, 9.17) is 15.6 Å². The van der Waals surface area contributed by atoms with Crippen molar-refractivity contribution in [3.8, 4) is 22.8 Å². The Morgan fingerprint density at radius 1 is 0.825 bits per heavy atom. The molecule has 17 nitrogen and oxygen atoms in total. The highest BCUT2D eigenvalue weighted by Gasteiger charge is 2.45. The number of anilines is 2. The summed E-state index contributed by atoms with van der Waals surface area (Å²) in [6, 6.07) is 21.4. The number of fused-ring (bicyclic) bond motifs is 2. The molecule has 6 heterocycles. The molecule has 0 bridgehead atoms. The van der Waals surface area contributed by atoms with Gasteiger partial charge in [0.25, 0.3) is 11.8 Å². The second-order valence-corrected chi connectivity index (χ2v) is 16.6. The average Bonchev–Trinajstić information content (AvgIpc) is 3.82. The number of ether oxygens (including phenoxy) is 1. The predicted molar refractivity (Wildman–Crippen MR) is 235 cm³/mol. The Balaban J connectivity index is 0.721. The normalized spacial score (nSPS) is 19.7. The molecule has 4 N–H and O–H groups in total. The number of nitrogens with zero attached hydrogens (tertiary/aromatic N) is 8. The molecule has 2 atom stereocenters. The van der Waals surface area contributed by atoms with Crippen LogP contribution in [0.25, 0.3) is 22.3 Å². The van der Waals surface area contributed by atoms with Gasteiger partial charge in [0.1, 0.15) is 35.4 Å². The molecule has 2 unspecified atom stereocenters. The number of piperazine rings is 1. The molecule has 5 amide bonds. The first-order valence-corrected chi connectivity index (χ1v) is 21.8. The fourth-order valence-electron chi connectivity index (χ4n) is 9.17. The van der Waals surface area contributed by atoms with Crippen LogP contribution < -0.4 is 21.1 Å². The van der Waals surface area contributed by atoms with Crippen LogP contribution in [0.15, 0.2) is 79.1 Å². The van der Waals surface area contributed by atoms with Gasteiger partial charge < -0.3 is 30.5 Å². The maximum Gasteiger partial charge on any atom is 0.264 e. The van der Waals surface area contributed by atoms with Crippen LogP contribution >= 0.6 is 0 Å². The number of aromatic nitrogens is 4. The molecule has 5 aromatic rings. The number of nitrogen functional groups attached to an aromatic ring is 1. The van der Waals surface area contributed by atoms with Crippen molar-refractivity contribution in [2.75, 3.05) is 70.0 Å². The fourth-order valence-corrected chi connectivity index (χ4v) is 9.17. The number of likely N-dealkylation sites (tertiary alicyclic amines) is 1. The van der Waals surface area contributed by atoms with Crippen LogP contribution in [0, 0.1) is 0 Å². The van der Waals surface area contributed by atoms with E-state index in [0.29, 0.717) is 53.5 Å². The summed E-state index contributed by atoms with van der Waals surface area (Å²) >= 11 is 0. The number of hydrogen-bond acceptors (Lipinski definition) is 13. The first-order valence-electron chi connectivity index (χ1n) is 21.8. The minimum Gasteiger partial charge on any atom is -0.457 e. The van der Waals surface area contributed by atoms with E-state index in [9.17, 15) is 24.0 Å². The molecule has 0 saturated carbocycles. The maximum absolute atomic E-state index is 13.6. The van der Waals surface area contributed by atoms with Crippen LogP contribution in [0.3, 0.4) is 0 Å². The van der Waals surface area contributed by atoms with Crippen LogP contribution in [-0.2, 0) is 14.4 Å². The van der Waals surface area contributed by atoms with Gasteiger partial charge in [-0.25, -0.2) is 14.6 Å².